The number of carbonyl (C=O) groups excluding carboxylic acids is 3. The van der Waals surface area contributed by atoms with Crippen LogP contribution in [0.1, 0.15) is 73.1 Å². The van der Waals surface area contributed by atoms with Crippen molar-refractivity contribution in [1.82, 2.24) is 30.2 Å². The Morgan fingerprint density at radius 1 is 0.851 bits per heavy atom. The molecule has 2 aromatic carbocycles. The first-order valence-electron chi connectivity index (χ1n) is 16.5. The second kappa shape index (κ2) is 21.7. The molecule has 3 heterocycles. The van der Waals surface area contributed by atoms with Crippen molar-refractivity contribution in [3.8, 4) is 33.6 Å². The molecule has 0 unspecified atom stereocenters. The molecule has 4 aromatic rings. The quantitative estimate of drug-likeness (QED) is 0.147. The summed E-state index contributed by atoms with van der Waals surface area (Å²) in [6.45, 7) is 12.0. The molecule has 4 N–H and O–H groups in total. The molecular formula is C36H51N7O4. The van der Waals surface area contributed by atoms with E-state index in [1.807, 2.05) is 32.2 Å². The van der Waals surface area contributed by atoms with Gasteiger partial charge in [-0.05, 0) is 41.5 Å². The van der Waals surface area contributed by atoms with E-state index in [0.29, 0.717) is 12.4 Å². The Bertz CT molecular complexity index is 1440. The molecule has 3 amide bonds. The zero-order valence-corrected chi connectivity index (χ0v) is 28.7. The number of nitrogens with one attached hydrogen (secondary N) is 4. The van der Waals surface area contributed by atoms with E-state index in [1.54, 1.807) is 17.4 Å². The summed E-state index contributed by atoms with van der Waals surface area (Å²) in [5.41, 5.74) is 6.28. The van der Waals surface area contributed by atoms with E-state index in [-0.39, 0.29) is 18.4 Å². The first kappa shape index (κ1) is 38.3. The number of anilines is 1. The SMILES string of the molecule is CC.CCC.CCCCC(=O)Nc1ncc(-c2ccc(-c3ccc(-c4cnc[nH]4)cc3)cc2)[nH]1.COC(=O)NCC(=O)N1CCCC1. The minimum atomic E-state index is -0.562. The molecule has 0 aliphatic carbocycles. The van der Waals surface area contributed by atoms with Gasteiger partial charge in [-0.2, -0.15) is 0 Å². The Hall–Kier alpha value is -4.93. The second-order valence-corrected chi connectivity index (χ2v) is 10.6. The van der Waals surface area contributed by atoms with Gasteiger partial charge in [-0.25, -0.2) is 14.8 Å². The maximum atomic E-state index is 11.8. The fraction of sp³-hybridized carbons (Fsp3) is 0.417. The number of nitrogens with zero attached hydrogens (tertiary/aromatic N) is 3. The van der Waals surface area contributed by atoms with Gasteiger partial charge in [0.1, 0.15) is 6.54 Å². The number of hydrogen-bond donors (Lipinski definition) is 4. The molecule has 47 heavy (non-hydrogen) atoms. The third-order valence-electron chi connectivity index (χ3n) is 6.84. The van der Waals surface area contributed by atoms with Crippen LogP contribution in [-0.2, 0) is 14.3 Å². The van der Waals surface area contributed by atoms with Crippen molar-refractivity contribution in [3.05, 3.63) is 67.3 Å². The van der Waals surface area contributed by atoms with E-state index in [9.17, 15) is 14.4 Å². The molecule has 1 fully saturated rings. The van der Waals surface area contributed by atoms with Gasteiger partial charge >= 0.3 is 6.09 Å². The number of amides is 3. The molecule has 0 radical (unpaired) electrons. The summed E-state index contributed by atoms with van der Waals surface area (Å²) in [5.74, 6) is 0.434. The number of likely N-dealkylation sites (tertiary alicyclic amines) is 1. The molecule has 11 heteroatoms. The van der Waals surface area contributed by atoms with Gasteiger partial charge in [-0.15, -0.1) is 0 Å². The highest BCUT2D eigenvalue weighted by Crippen LogP contribution is 2.26. The fourth-order valence-electron chi connectivity index (χ4n) is 4.46. The Morgan fingerprint density at radius 3 is 1.91 bits per heavy atom. The number of rotatable bonds is 9. The molecule has 0 spiro atoms. The molecular weight excluding hydrogens is 594 g/mol. The largest absolute Gasteiger partial charge is 0.453 e. The van der Waals surface area contributed by atoms with Gasteiger partial charge in [0, 0.05) is 19.5 Å². The maximum Gasteiger partial charge on any atom is 0.407 e. The summed E-state index contributed by atoms with van der Waals surface area (Å²) in [7, 11) is 1.27. The molecule has 0 atom stereocenters. The minimum absolute atomic E-state index is 0.0123. The number of imidazole rings is 2. The van der Waals surface area contributed by atoms with Gasteiger partial charge in [0.2, 0.25) is 17.8 Å². The standard InChI is InChI=1S/C23H23N5O.C8H14N2O3.C3H8.C2H6/c1-2-3-4-22(29)28-23-25-14-21(27-23)19-11-7-17(8-12-19)16-5-9-18(10-6-16)20-13-24-15-26-20;1-13-8(12)9-6-7(11)10-4-2-3-5-10;1-3-2;1-2/h5-15H,2-4H2,1H3,(H,24,26)(H2,25,27,28,29);2-6H2,1H3,(H,9,12);3H2,1-2H3;1-2H3. The predicted octanol–water partition coefficient (Wildman–Crippen LogP) is 7.67. The summed E-state index contributed by atoms with van der Waals surface area (Å²) in [4.78, 5) is 50.1. The smallest absolute Gasteiger partial charge is 0.407 e. The van der Waals surface area contributed by atoms with E-state index in [0.717, 1.165) is 72.4 Å². The lowest BCUT2D eigenvalue weighted by Gasteiger charge is -2.14. The molecule has 1 saturated heterocycles. The van der Waals surface area contributed by atoms with Crippen molar-refractivity contribution in [1.29, 1.82) is 0 Å². The highest BCUT2D eigenvalue weighted by Gasteiger charge is 2.18. The topological polar surface area (TPSA) is 145 Å². The Morgan fingerprint density at radius 2 is 1.40 bits per heavy atom. The molecule has 11 nitrogen and oxygen atoms in total. The van der Waals surface area contributed by atoms with Crippen LogP contribution in [0.5, 0.6) is 0 Å². The highest BCUT2D eigenvalue weighted by molar-refractivity contribution is 5.89. The number of ether oxygens (including phenoxy) is 1. The summed E-state index contributed by atoms with van der Waals surface area (Å²) in [6, 6.07) is 16.6. The Labute approximate surface area is 278 Å². The van der Waals surface area contributed by atoms with Crippen LogP contribution in [0.25, 0.3) is 33.6 Å². The maximum absolute atomic E-state index is 11.8. The summed E-state index contributed by atoms with van der Waals surface area (Å²) in [6.07, 6.45) is 10.4. The number of hydrogen-bond acceptors (Lipinski definition) is 6. The molecule has 1 aliphatic rings. The van der Waals surface area contributed by atoms with Crippen molar-refractivity contribution >= 4 is 23.9 Å². The van der Waals surface area contributed by atoms with Crippen LogP contribution in [0.4, 0.5) is 10.7 Å². The van der Waals surface area contributed by atoms with Crippen LogP contribution < -0.4 is 10.6 Å². The molecule has 254 valence electrons. The number of benzene rings is 2. The van der Waals surface area contributed by atoms with Crippen molar-refractivity contribution < 1.29 is 19.1 Å². The zero-order chi connectivity index (χ0) is 34.4. The summed E-state index contributed by atoms with van der Waals surface area (Å²) >= 11 is 0. The number of aromatic amines is 2. The van der Waals surface area contributed by atoms with Crippen LogP contribution in [0.3, 0.4) is 0 Å². The zero-order valence-electron chi connectivity index (χ0n) is 28.7. The number of H-pyrrole nitrogens is 2. The van der Waals surface area contributed by atoms with Gasteiger partial charge in [0.15, 0.2) is 0 Å². The van der Waals surface area contributed by atoms with E-state index in [1.165, 1.54) is 13.5 Å². The predicted molar refractivity (Wildman–Crippen MR) is 189 cm³/mol. The lowest BCUT2D eigenvalue weighted by Crippen LogP contribution is -2.38. The van der Waals surface area contributed by atoms with E-state index in [2.05, 4.69) is 92.5 Å². The summed E-state index contributed by atoms with van der Waals surface area (Å²) < 4.78 is 4.34. The van der Waals surface area contributed by atoms with Gasteiger partial charge < -0.3 is 24.9 Å². The Kier molecular flexibility index (Phi) is 17.7. The second-order valence-electron chi connectivity index (χ2n) is 10.6. The van der Waals surface area contributed by atoms with E-state index >= 15 is 0 Å². The first-order valence-corrected chi connectivity index (χ1v) is 16.5. The van der Waals surface area contributed by atoms with Crippen molar-refractivity contribution in [3.63, 3.8) is 0 Å². The molecule has 0 saturated carbocycles. The average Bonchev–Trinajstić information content (AvgIpc) is 3.92. The number of alkyl carbamates (subject to hydrolysis) is 1. The normalized spacial score (nSPS) is 11.5. The van der Waals surface area contributed by atoms with Crippen molar-refractivity contribution in [2.75, 3.05) is 32.1 Å². The molecule has 5 rings (SSSR count). The van der Waals surface area contributed by atoms with Crippen LogP contribution in [-0.4, -0.2) is 69.5 Å². The molecule has 1 aliphatic heterocycles. The number of methoxy groups -OCH3 is 1. The fourth-order valence-corrected chi connectivity index (χ4v) is 4.46. The van der Waals surface area contributed by atoms with Crippen molar-refractivity contribution in [2.24, 2.45) is 0 Å². The lowest BCUT2D eigenvalue weighted by atomic mass is 10.0. The van der Waals surface area contributed by atoms with Crippen LogP contribution in [0.15, 0.2) is 67.3 Å². The third kappa shape index (κ3) is 13.1. The van der Waals surface area contributed by atoms with E-state index in [4.69, 9.17) is 0 Å². The van der Waals surface area contributed by atoms with Crippen LogP contribution in [0, 0.1) is 0 Å². The Balaban J connectivity index is 0.000000356. The number of carbonyl (C=O) groups is 3. The van der Waals surface area contributed by atoms with Gasteiger partial charge in [0.05, 0.1) is 37.2 Å². The monoisotopic (exact) mass is 645 g/mol. The first-order chi connectivity index (χ1) is 22.9. The van der Waals surface area contributed by atoms with E-state index < -0.39 is 6.09 Å². The molecule has 0 bridgehead atoms. The summed E-state index contributed by atoms with van der Waals surface area (Å²) in [5, 5.41) is 5.16. The minimum Gasteiger partial charge on any atom is -0.453 e. The van der Waals surface area contributed by atoms with Gasteiger partial charge in [0.25, 0.3) is 0 Å². The van der Waals surface area contributed by atoms with Crippen molar-refractivity contribution in [2.45, 2.75) is 73.1 Å². The van der Waals surface area contributed by atoms with Gasteiger partial charge in [-0.3, -0.25) is 14.9 Å². The average molecular weight is 646 g/mol. The number of aromatic nitrogens is 4. The molecule has 2 aromatic heterocycles. The van der Waals surface area contributed by atoms with Crippen LogP contribution in [0.2, 0.25) is 0 Å². The third-order valence-corrected chi connectivity index (χ3v) is 6.84. The van der Waals surface area contributed by atoms with Crippen LogP contribution >= 0.6 is 0 Å². The highest BCUT2D eigenvalue weighted by atomic mass is 16.5. The number of unbranched alkanes of at least 4 members (excludes halogenated alkanes) is 1. The lowest BCUT2D eigenvalue weighted by molar-refractivity contribution is -0.129. The van der Waals surface area contributed by atoms with Gasteiger partial charge in [-0.1, -0.05) is 96.0 Å².